The van der Waals surface area contributed by atoms with Gasteiger partial charge < -0.3 is 16.0 Å². The van der Waals surface area contributed by atoms with Crippen molar-refractivity contribution in [1.82, 2.24) is 30.2 Å². The summed E-state index contributed by atoms with van der Waals surface area (Å²) >= 11 is 0. The highest BCUT2D eigenvalue weighted by atomic mass is 19.4. The maximum atomic E-state index is 14.0. The summed E-state index contributed by atoms with van der Waals surface area (Å²) < 4.78 is 42.0. The van der Waals surface area contributed by atoms with Crippen molar-refractivity contribution in [2.24, 2.45) is 0 Å². The van der Waals surface area contributed by atoms with E-state index in [1.165, 1.54) is 18.5 Å². The van der Waals surface area contributed by atoms with Crippen LogP contribution in [0.2, 0.25) is 0 Å². The Morgan fingerprint density at radius 1 is 1.12 bits per heavy atom. The molecule has 41 heavy (non-hydrogen) atoms. The van der Waals surface area contributed by atoms with Crippen molar-refractivity contribution in [3.8, 4) is 11.3 Å². The van der Waals surface area contributed by atoms with Crippen LogP contribution in [0.15, 0.2) is 67.4 Å². The summed E-state index contributed by atoms with van der Waals surface area (Å²) in [6.45, 7) is 6.06. The minimum atomic E-state index is -4.59. The van der Waals surface area contributed by atoms with Crippen molar-refractivity contribution >= 4 is 23.2 Å². The maximum Gasteiger partial charge on any atom is 0.416 e. The Balaban J connectivity index is 1.33. The van der Waals surface area contributed by atoms with Gasteiger partial charge in [-0.1, -0.05) is 12.1 Å². The second kappa shape index (κ2) is 12.0. The number of amides is 1. The van der Waals surface area contributed by atoms with Crippen LogP contribution in [0.4, 0.5) is 30.5 Å². The summed E-state index contributed by atoms with van der Waals surface area (Å²) in [6.07, 6.45) is 1.72. The van der Waals surface area contributed by atoms with Gasteiger partial charge in [-0.3, -0.25) is 9.69 Å². The van der Waals surface area contributed by atoms with Gasteiger partial charge >= 0.3 is 6.18 Å². The van der Waals surface area contributed by atoms with Gasteiger partial charge in [0, 0.05) is 73.3 Å². The van der Waals surface area contributed by atoms with E-state index in [1.54, 1.807) is 42.9 Å². The number of halogens is 3. The normalized spacial score (nSPS) is 15.9. The van der Waals surface area contributed by atoms with E-state index in [0.29, 0.717) is 36.1 Å². The first-order valence-corrected chi connectivity index (χ1v) is 13.1. The van der Waals surface area contributed by atoms with Crippen molar-refractivity contribution in [2.75, 3.05) is 30.3 Å². The lowest BCUT2D eigenvalue weighted by Crippen LogP contribution is -2.48. The van der Waals surface area contributed by atoms with E-state index in [-0.39, 0.29) is 23.7 Å². The van der Waals surface area contributed by atoms with E-state index >= 15 is 0 Å². The number of hydrogen-bond donors (Lipinski definition) is 3. The third-order valence-corrected chi connectivity index (χ3v) is 6.78. The molecule has 9 nitrogen and oxygen atoms in total. The van der Waals surface area contributed by atoms with Crippen molar-refractivity contribution in [3.63, 3.8) is 0 Å². The molecule has 1 atom stereocenters. The molecule has 212 valence electrons. The predicted molar refractivity (Wildman–Crippen MR) is 150 cm³/mol. The van der Waals surface area contributed by atoms with Gasteiger partial charge in [0.1, 0.15) is 6.33 Å². The molecule has 0 radical (unpaired) electrons. The van der Waals surface area contributed by atoms with Gasteiger partial charge in [0.2, 0.25) is 5.95 Å². The van der Waals surface area contributed by atoms with E-state index in [0.717, 1.165) is 23.7 Å². The molecule has 1 amide bonds. The number of carbonyl (C=O) groups excluding carboxylic acids is 1. The molecule has 1 fully saturated rings. The van der Waals surface area contributed by atoms with Crippen LogP contribution in [-0.2, 0) is 12.7 Å². The van der Waals surface area contributed by atoms with Crippen LogP contribution in [0.3, 0.4) is 0 Å². The Morgan fingerprint density at radius 2 is 1.93 bits per heavy atom. The van der Waals surface area contributed by atoms with Gasteiger partial charge in [0.25, 0.3) is 5.91 Å². The van der Waals surface area contributed by atoms with Crippen molar-refractivity contribution < 1.29 is 18.0 Å². The number of benzene rings is 2. The van der Waals surface area contributed by atoms with E-state index < -0.39 is 17.6 Å². The fourth-order valence-corrected chi connectivity index (χ4v) is 4.69. The van der Waals surface area contributed by atoms with Gasteiger partial charge in [-0.2, -0.15) is 13.2 Å². The van der Waals surface area contributed by atoms with Crippen molar-refractivity contribution in [2.45, 2.75) is 32.6 Å². The molecular formula is C29H29F3N8O. The number of hydrogen-bond acceptors (Lipinski definition) is 8. The molecule has 4 aromatic rings. The number of piperazine rings is 1. The molecule has 0 bridgehead atoms. The lowest BCUT2D eigenvalue weighted by atomic mass is 10.0. The zero-order valence-corrected chi connectivity index (χ0v) is 22.5. The second-order valence-electron chi connectivity index (χ2n) is 9.96. The number of alkyl halides is 3. The highest BCUT2D eigenvalue weighted by Gasteiger charge is 2.34. The average Bonchev–Trinajstić information content (AvgIpc) is 2.95. The zero-order valence-electron chi connectivity index (χ0n) is 22.5. The molecule has 1 saturated heterocycles. The fraction of sp³-hybridized carbons (Fsp3) is 0.276. The fourth-order valence-electron chi connectivity index (χ4n) is 4.69. The number of nitrogens with zero attached hydrogens (tertiary/aromatic N) is 5. The largest absolute Gasteiger partial charge is 0.416 e. The van der Waals surface area contributed by atoms with Crippen LogP contribution in [0.25, 0.3) is 11.3 Å². The highest BCUT2D eigenvalue weighted by molar-refractivity contribution is 6.04. The first-order chi connectivity index (χ1) is 19.7. The molecule has 2 aromatic carbocycles. The van der Waals surface area contributed by atoms with Crippen LogP contribution < -0.4 is 16.0 Å². The van der Waals surface area contributed by atoms with Crippen molar-refractivity contribution in [3.05, 3.63) is 89.6 Å². The Hall–Kier alpha value is -4.42. The SMILES string of the molecule is Cc1ccc(NC(=O)c2ccc(CN3CCN[C@@H](C)C3)c(C(F)(F)F)c2)cc1Nc1nccc(-c2cncnc2)n1. The van der Waals surface area contributed by atoms with E-state index in [9.17, 15) is 18.0 Å². The summed E-state index contributed by atoms with van der Waals surface area (Å²) in [5.74, 6) is -0.322. The van der Waals surface area contributed by atoms with Crippen LogP contribution in [-0.4, -0.2) is 56.4 Å². The predicted octanol–water partition coefficient (Wildman–Crippen LogP) is 5.05. The highest BCUT2D eigenvalue weighted by Crippen LogP contribution is 2.34. The van der Waals surface area contributed by atoms with Crippen LogP contribution >= 0.6 is 0 Å². The number of aromatic nitrogens is 4. The van der Waals surface area contributed by atoms with E-state index in [1.807, 2.05) is 18.7 Å². The minimum absolute atomic E-state index is 0.0778. The second-order valence-corrected chi connectivity index (χ2v) is 9.96. The third-order valence-electron chi connectivity index (χ3n) is 6.78. The number of rotatable bonds is 7. The summed E-state index contributed by atoms with van der Waals surface area (Å²) in [6, 6.07) is 10.8. The Morgan fingerprint density at radius 3 is 2.68 bits per heavy atom. The molecule has 1 aliphatic heterocycles. The Labute approximate surface area is 235 Å². The van der Waals surface area contributed by atoms with Gasteiger partial charge in [-0.25, -0.2) is 19.9 Å². The van der Waals surface area contributed by atoms with Crippen LogP contribution in [0, 0.1) is 6.92 Å². The summed E-state index contributed by atoms with van der Waals surface area (Å²) in [7, 11) is 0. The lowest BCUT2D eigenvalue weighted by Gasteiger charge is -2.32. The molecule has 0 aliphatic carbocycles. The van der Waals surface area contributed by atoms with Gasteiger partial charge in [0.05, 0.1) is 11.3 Å². The zero-order chi connectivity index (χ0) is 29.0. The van der Waals surface area contributed by atoms with Crippen molar-refractivity contribution in [1.29, 1.82) is 0 Å². The molecule has 0 spiro atoms. The third kappa shape index (κ3) is 7.02. The van der Waals surface area contributed by atoms with Gasteiger partial charge in [-0.05, 0) is 55.3 Å². The first-order valence-electron chi connectivity index (χ1n) is 13.1. The Bertz CT molecular complexity index is 1530. The van der Waals surface area contributed by atoms with Crippen LogP contribution in [0.1, 0.15) is 34.0 Å². The minimum Gasteiger partial charge on any atom is -0.324 e. The molecule has 3 heterocycles. The molecule has 12 heteroatoms. The smallest absolute Gasteiger partial charge is 0.324 e. The topological polar surface area (TPSA) is 108 Å². The van der Waals surface area contributed by atoms with Gasteiger partial charge in [-0.15, -0.1) is 0 Å². The monoisotopic (exact) mass is 562 g/mol. The standard InChI is InChI=1S/C29H29F3N8O/c1-18-3-6-23(12-26(18)39-28-36-8-7-25(38-28)22-13-33-17-34-14-22)37-27(41)20-4-5-21(24(11-20)29(30,31)32)16-40-10-9-35-19(2)15-40/h3-8,11-14,17,19,35H,9-10,15-16H2,1-2H3,(H,37,41)(H,36,38,39)/t19-/m0/s1. The average molecular weight is 563 g/mol. The molecule has 0 saturated carbocycles. The van der Waals surface area contributed by atoms with Crippen LogP contribution in [0.5, 0.6) is 0 Å². The maximum absolute atomic E-state index is 14.0. The number of carbonyl (C=O) groups is 1. The molecule has 0 unspecified atom stereocenters. The molecule has 5 rings (SSSR count). The van der Waals surface area contributed by atoms with E-state index in [2.05, 4.69) is 35.9 Å². The summed E-state index contributed by atoms with van der Waals surface area (Å²) in [5, 5.41) is 9.14. The molecular weight excluding hydrogens is 533 g/mol. The number of nitrogens with one attached hydrogen (secondary N) is 3. The lowest BCUT2D eigenvalue weighted by molar-refractivity contribution is -0.138. The number of aryl methyl sites for hydroxylation is 1. The summed E-state index contributed by atoms with van der Waals surface area (Å²) in [5.41, 5.74) is 2.50. The molecule has 1 aliphatic rings. The summed E-state index contributed by atoms with van der Waals surface area (Å²) in [4.78, 5) is 31.8. The molecule has 3 N–H and O–H groups in total. The first kappa shape index (κ1) is 28.1. The number of anilines is 3. The van der Waals surface area contributed by atoms with Gasteiger partial charge in [0.15, 0.2) is 0 Å². The quantitative estimate of drug-likeness (QED) is 0.287. The molecule has 2 aromatic heterocycles. The van der Waals surface area contributed by atoms with E-state index in [4.69, 9.17) is 0 Å². The Kier molecular flexibility index (Phi) is 8.22.